The highest BCUT2D eigenvalue weighted by atomic mass is 32.2. The largest absolute Gasteiger partial charge is 0.293 e. The Bertz CT molecular complexity index is 990. The molecule has 1 heterocycles. The molecule has 0 aliphatic carbocycles. The maximum atomic E-state index is 12.8. The summed E-state index contributed by atoms with van der Waals surface area (Å²) < 4.78 is 1.57. The second-order valence-corrected chi connectivity index (χ2v) is 7.70. The molecule has 0 bridgehead atoms. The number of thioether (sulfide) groups is 1. The van der Waals surface area contributed by atoms with Crippen LogP contribution in [0.25, 0.3) is 5.69 Å². The first-order valence-corrected chi connectivity index (χ1v) is 9.85. The number of carbonyl (C=O) groups excluding carboxylic acids is 1. The van der Waals surface area contributed by atoms with E-state index in [-0.39, 0.29) is 17.1 Å². The van der Waals surface area contributed by atoms with E-state index in [9.17, 15) is 9.59 Å². The summed E-state index contributed by atoms with van der Waals surface area (Å²) in [6.45, 7) is 6.24. The fraction of sp³-hybridized carbons (Fsp3) is 0.227. The Kier molecular flexibility index (Phi) is 5.91. The molecule has 1 aromatic heterocycles. The van der Waals surface area contributed by atoms with Gasteiger partial charge in [-0.2, -0.15) is 0 Å². The van der Waals surface area contributed by atoms with E-state index in [4.69, 9.17) is 0 Å². The Morgan fingerprint density at radius 3 is 2.37 bits per heavy atom. The van der Waals surface area contributed by atoms with Gasteiger partial charge in [0.15, 0.2) is 10.8 Å². The number of Topliss-reactive ketones (excluding diaryl/α,β-unsaturated/α-hetero) is 1. The molecular weight excluding hydrogens is 356 g/mol. The molecule has 0 spiro atoms. The third-order valence-corrected chi connectivity index (χ3v) is 5.32. The van der Waals surface area contributed by atoms with Gasteiger partial charge < -0.3 is 0 Å². The number of nitrogens with zero attached hydrogens (tertiary/aromatic N) is 2. The van der Waals surface area contributed by atoms with Crippen LogP contribution in [-0.2, 0) is 0 Å². The highest BCUT2D eigenvalue weighted by Gasteiger charge is 2.12. The number of benzene rings is 2. The minimum atomic E-state index is -0.212. The van der Waals surface area contributed by atoms with E-state index in [1.807, 2.05) is 55.5 Å². The molecule has 3 aromatic rings. The second-order valence-electron chi connectivity index (χ2n) is 6.73. The number of ketones is 1. The molecule has 0 amide bonds. The Morgan fingerprint density at radius 1 is 1.07 bits per heavy atom. The zero-order valence-corrected chi connectivity index (χ0v) is 16.5. The van der Waals surface area contributed by atoms with Gasteiger partial charge in [0.05, 0.1) is 5.75 Å². The fourth-order valence-corrected chi connectivity index (χ4v) is 3.46. The van der Waals surface area contributed by atoms with Crippen molar-refractivity contribution in [1.82, 2.24) is 9.55 Å². The summed E-state index contributed by atoms with van der Waals surface area (Å²) in [6.07, 6.45) is 3.25. The van der Waals surface area contributed by atoms with E-state index in [1.54, 1.807) is 17.0 Å². The summed E-state index contributed by atoms with van der Waals surface area (Å²) in [4.78, 5) is 29.3. The highest BCUT2D eigenvalue weighted by molar-refractivity contribution is 7.99. The smallest absolute Gasteiger partial charge is 0.287 e. The van der Waals surface area contributed by atoms with Gasteiger partial charge in [-0.1, -0.05) is 67.6 Å². The van der Waals surface area contributed by atoms with Crippen molar-refractivity contribution < 1.29 is 4.79 Å². The van der Waals surface area contributed by atoms with Crippen molar-refractivity contribution in [3.8, 4) is 5.69 Å². The van der Waals surface area contributed by atoms with Crippen molar-refractivity contribution in [2.24, 2.45) is 0 Å². The van der Waals surface area contributed by atoms with Crippen LogP contribution < -0.4 is 5.56 Å². The van der Waals surface area contributed by atoms with Gasteiger partial charge in [-0.3, -0.25) is 14.2 Å². The molecule has 0 fully saturated rings. The van der Waals surface area contributed by atoms with Crippen LogP contribution in [0, 0.1) is 6.92 Å². The molecule has 0 atom stereocenters. The van der Waals surface area contributed by atoms with Crippen LogP contribution in [0.3, 0.4) is 0 Å². The molecule has 2 aromatic carbocycles. The monoisotopic (exact) mass is 378 g/mol. The van der Waals surface area contributed by atoms with Crippen molar-refractivity contribution in [3.05, 3.63) is 88.0 Å². The molecule has 4 nitrogen and oxygen atoms in total. The van der Waals surface area contributed by atoms with Crippen LogP contribution in [0.5, 0.6) is 0 Å². The highest BCUT2D eigenvalue weighted by Crippen LogP contribution is 2.18. The second kappa shape index (κ2) is 8.35. The first-order valence-electron chi connectivity index (χ1n) is 8.86. The first kappa shape index (κ1) is 19.1. The molecule has 0 N–H and O–H groups in total. The summed E-state index contributed by atoms with van der Waals surface area (Å²) in [7, 11) is 0. The Balaban J connectivity index is 1.77. The molecule has 27 heavy (non-hydrogen) atoms. The molecule has 0 unspecified atom stereocenters. The molecule has 0 saturated carbocycles. The summed E-state index contributed by atoms with van der Waals surface area (Å²) in [5.41, 5.74) is 3.55. The lowest BCUT2D eigenvalue weighted by Gasteiger charge is -2.10. The van der Waals surface area contributed by atoms with Crippen molar-refractivity contribution in [2.45, 2.75) is 31.7 Å². The summed E-state index contributed by atoms with van der Waals surface area (Å²) in [6, 6.07) is 15.4. The Morgan fingerprint density at radius 2 is 1.74 bits per heavy atom. The quantitative estimate of drug-likeness (QED) is 0.463. The molecule has 0 saturated heterocycles. The summed E-state index contributed by atoms with van der Waals surface area (Å²) >= 11 is 1.18. The SMILES string of the molecule is Cc1ccc(C(=O)CSc2nccn(-c3ccc(C(C)C)cc3)c2=O)cc1. The van der Waals surface area contributed by atoms with Crippen molar-refractivity contribution >= 4 is 17.5 Å². The van der Waals surface area contributed by atoms with Gasteiger partial charge in [0, 0.05) is 23.6 Å². The maximum absolute atomic E-state index is 12.8. The third-order valence-electron chi connectivity index (χ3n) is 4.36. The first-order chi connectivity index (χ1) is 13.0. The average molecular weight is 378 g/mol. The lowest BCUT2D eigenvalue weighted by molar-refractivity contribution is 0.102. The minimum Gasteiger partial charge on any atom is -0.293 e. The molecule has 5 heteroatoms. The van der Waals surface area contributed by atoms with Crippen LogP contribution in [0.1, 0.15) is 41.3 Å². The van der Waals surface area contributed by atoms with E-state index in [2.05, 4.69) is 18.8 Å². The number of aromatic nitrogens is 2. The molecule has 0 radical (unpaired) electrons. The standard InChI is InChI=1S/C22H22N2O2S/c1-15(2)17-8-10-19(11-9-17)24-13-12-23-21(22(24)26)27-14-20(25)18-6-4-16(3)5-7-18/h4-13,15H,14H2,1-3H3. The van der Waals surface area contributed by atoms with Gasteiger partial charge in [-0.15, -0.1) is 0 Å². The number of rotatable bonds is 6. The zero-order valence-electron chi connectivity index (χ0n) is 15.7. The van der Waals surface area contributed by atoms with Crippen LogP contribution in [-0.4, -0.2) is 21.1 Å². The minimum absolute atomic E-state index is 0.0158. The number of aryl methyl sites for hydroxylation is 1. The number of carbonyl (C=O) groups is 1. The molecule has 3 rings (SSSR count). The van der Waals surface area contributed by atoms with Crippen LogP contribution in [0.2, 0.25) is 0 Å². The van der Waals surface area contributed by atoms with Gasteiger partial charge in [-0.25, -0.2) is 4.98 Å². The predicted octanol–water partition coefficient (Wildman–Crippen LogP) is 4.64. The van der Waals surface area contributed by atoms with Gasteiger partial charge >= 0.3 is 0 Å². The Hall–Kier alpha value is -2.66. The van der Waals surface area contributed by atoms with E-state index < -0.39 is 0 Å². The molecule has 0 aliphatic rings. The van der Waals surface area contributed by atoms with Crippen molar-refractivity contribution in [1.29, 1.82) is 0 Å². The normalized spacial score (nSPS) is 11.0. The average Bonchev–Trinajstić information content (AvgIpc) is 2.67. The zero-order chi connectivity index (χ0) is 19.4. The summed E-state index contributed by atoms with van der Waals surface area (Å²) in [5, 5.41) is 0.325. The molecule has 0 aliphatic heterocycles. The number of hydrogen-bond acceptors (Lipinski definition) is 4. The third kappa shape index (κ3) is 4.55. The fourth-order valence-electron chi connectivity index (χ4n) is 2.67. The topological polar surface area (TPSA) is 52.0 Å². The van der Waals surface area contributed by atoms with E-state index in [1.165, 1.54) is 17.3 Å². The van der Waals surface area contributed by atoms with E-state index >= 15 is 0 Å². The van der Waals surface area contributed by atoms with Gasteiger partial charge in [-0.05, 0) is 30.5 Å². The maximum Gasteiger partial charge on any atom is 0.287 e. The van der Waals surface area contributed by atoms with Crippen LogP contribution in [0.4, 0.5) is 0 Å². The van der Waals surface area contributed by atoms with Crippen molar-refractivity contribution in [3.63, 3.8) is 0 Å². The predicted molar refractivity (Wildman–Crippen MR) is 110 cm³/mol. The van der Waals surface area contributed by atoms with E-state index in [0.29, 0.717) is 16.5 Å². The molecule has 138 valence electrons. The lowest BCUT2D eigenvalue weighted by Crippen LogP contribution is -2.21. The lowest BCUT2D eigenvalue weighted by atomic mass is 10.0. The summed E-state index contributed by atoms with van der Waals surface area (Å²) in [5.74, 6) is 0.603. The molecular formula is C22H22N2O2S. The van der Waals surface area contributed by atoms with Crippen LogP contribution in [0.15, 0.2) is 70.7 Å². The van der Waals surface area contributed by atoms with E-state index in [0.717, 1.165) is 11.3 Å². The van der Waals surface area contributed by atoms with Crippen LogP contribution >= 0.6 is 11.8 Å². The van der Waals surface area contributed by atoms with Gasteiger partial charge in [0.25, 0.3) is 5.56 Å². The Labute approximate surface area is 163 Å². The van der Waals surface area contributed by atoms with Gasteiger partial charge in [0.1, 0.15) is 0 Å². The number of hydrogen-bond donors (Lipinski definition) is 0. The van der Waals surface area contributed by atoms with Gasteiger partial charge in [0.2, 0.25) is 0 Å². The van der Waals surface area contributed by atoms with Crippen molar-refractivity contribution in [2.75, 3.05) is 5.75 Å².